The maximum absolute atomic E-state index is 11.9. The Morgan fingerprint density at radius 3 is 2.39 bits per heavy atom. The molecule has 3 N–H and O–H groups in total. The van der Waals surface area contributed by atoms with Crippen LogP contribution in [0.25, 0.3) is 0 Å². The van der Waals surface area contributed by atoms with E-state index in [1.54, 1.807) is 0 Å². The van der Waals surface area contributed by atoms with Gasteiger partial charge in [0.05, 0.1) is 0 Å². The predicted molar refractivity (Wildman–Crippen MR) is 73.2 cm³/mol. The molecule has 0 saturated heterocycles. The highest BCUT2D eigenvalue weighted by atomic mass is 32.2. The molecule has 0 radical (unpaired) electrons. The molecule has 0 spiro atoms. The molecule has 3 nitrogen and oxygen atoms in total. The van der Waals surface area contributed by atoms with E-state index in [2.05, 4.69) is 5.32 Å². The molecule has 1 aliphatic heterocycles. The number of primary amides is 1. The first-order valence-electron chi connectivity index (χ1n) is 5.64. The minimum Gasteiger partial charge on any atom is -0.367 e. The topological polar surface area (TPSA) is 55.1 Å². The highest BCUT2D eigenvalue weighted by Crippen LogP contribution is 2.50. The first kappa shape index (κ1) is 11.2. The van der Waals surface area contributed by atoms with E-state index in [4.69, 9.17) is 5.73 Å². The lowest BCUT2D eigenvalue weighted by atomic mass is 10.1. The van der Waals surface area contributed by atoms with Crippen molar-refractivity contribution in [2.24, 2.45) is 5.73 Å². The minimum atomic E-state index is -0.898. The molecule has 4 heteroatoms. The number of rotatable bonds is 2. The number of fused-ring (bicyclic) bond motifs is 1. The van der Waals surface area contributed by atoms with E-state index in [0.29, 0.717) is 0 Å². The Hall–Kier alpha value is -1.94. The van der Waals surface area contributed by atoms with Crippen molar-refractivity contribution in [3.05, 3.63) is 60.2 Å². The number of hydrogen-bond donors (Lipinski definition) is 2. The van der Waals surface area contributed by atoms with Crippen molar-refractivity contribution in [3.63, 3.8) is 0 Å². The second-order valence-corrected chi connectivity index (χ2v) is 5.39. The molecule has 1 heterocycles. The molecule has 0 bridgehead atoms. The Balaban J connectivity index is 2.11. The summed E-state index contributed by atoms with van der Waals surface area (Å²) in [6, 6.07) is 17.4. The van der Waals surface area contributed by atoms with Gasteiger partial charge in [-0.2, -0.15) is 0 Å². The van der Waals surface area contributed by atoms with Gasteiger partial charge in [0.15, 0.2) is 4.87 Å². The molecule has 1 atom stereocenters. The van der Waals surface area contributed by atoms with Crippen LogP contribution >= 0.6 is 11.8 Å². The van der Waals surface area contributed by atoms with Gasteiger partial charge in [0.1, 0.15) is 0 Å². The zero-order valence-electron chi connectivity index (χ0n) is 9.59. The van der Waals surface area contributed by atoms with E-state index >= 15 is 0 Å². The molecular formula is C14H12N2OS. The van der Waals surface area contributed by atoms with Crippen molar-refractivity contribution < 1.29 is 4.79 Å². The Labute approximate surface area is 109 Å². The zero-order chi connectivity index (χ0) is 12.6. The average Bonchev–Trinajstić information content (AvgIpc) is 2.80. The fraction of sp³-hybridized carbons (Fsp3) is 0.0714. The number of anilines is 1. The monoisotopic (exact) mass is 256 g/mol. The number of nitrogens with one attached hydrogen (secondary N) is 1. The first-order chi connectivity index (χ1) is 8.72. The number of carbonyl (C=O) groups excluding carboxylic acids is 1. The van der Waals surface area contributed by atoms with Crippen molar-refractivity contribution in [1.82, 2.24) is 0 Å². The number of amides is 1. The molecule has 1 amide bonds. The van der Waals surface area contributed by atoms with Crippen LogP contribution in [0, 0.1) is 0 Å². The molecule has 18 heavy (non-hydrogen) atoms. The summed E-state index contributed by atoms with van der Waals surface area (Å²) in [7, 11) is 0. The molecule has 1 aliphatic rings. The van der Waals surface area contributed by atoms with Crippen LogP contribution in [0.3, 0.4) is 0 Å². The summed E-state index contributed by atoms with van der Waals surface area (Å²) in [5, 5.41) is 3.25. The summed E-state index contributed by atoms with van der Waals surface area (Å²) >= 11 is 1.46. The summed E-state index contributed by atoms with van der Waals surface area (Å²) in [5.41, 5.74) is 7.44. The number of benzene rings is 2. The third-order valence-electron chi connectivity index (χ3n) is 2.99. The maximum atomic E-state index is 11.9. The molecule has 2 aromatic carbocycles. The van der Waals surface area contributed by atoms with Gasteiger partial charge in [-0.25, -0.2) is 0 Å². The van der Waals surface area contributed by atoms with E-state index in [-0.39, 0.29) is 5.91 Å². The Morgan fingerprint density at radius 2 is 1.72 bits per heavy atom. The summed E-state index contributed by atoms with van der Waals surface area (Å²) in [5.74, 6) is -0.380. The smallest absolute Gasteiger partial charge is 0.258 e. The molecule has 0 aromatic heterocycles. The van der Waals surface area contributed by atoms with Crippen LogP contribution in [0.5, 0.6) is 0 Å². The predicted octanol–water partition coefficient (Wildman–Crippen LogP) is 2.54. The van der Waals surface area contributed by atoms with Crippen molar-refractivity contribution in [1.29, 1.82) is 0 Å². The lowest BCUT2D eigenvalue weighted by Gasteiger charge is -2.25. The van der Waals surface area contributed by atoms with E-state index in [0.717, 1.165) is 16.1 Å². The molecule has 0 fully saturated rings. The summed E-state index contributed by atoms with van der Waals surface area (Å²) in [4.78, 5) is 12.1. The SMILES string of the molecule is NC(=O)C1(c2ccccc2)Nc2ccccc2S1. The van der Waals surface area contributed by atoms with E-state index in [1.807, 2.05) is 54.6 Å². The molecule has 0 saturated carbocycles. The third-order valence-corrected chi connectivity index (χ3v) is 4.41. The Bertz CT molecular complexity index is 573. The van der Waals surface area contributed by atoms with Gasteiger partial charge in [-0.15, -0.1) is 0 Å². The second kappa shape index (κ2) is 4.07. The van der Waals surface area contributed by atoms with E-state index in [9.17, 15) is 4.79 Å². The Kier molecular flexibility index (Phi) is 2.52. The highest BCUT2D eigenvalue weighted by Gasteiger charge is 2.44. The normalized spacial score (nSPS) is 21.1. The zero-order valence-corrected chi connectivity index (χ0v) is 10.4. The van der Waals surface area contributed by atoms with Crippen LogP contribution in [0.1, 0.15) is 5.56 Å². The number of para-hydroxylation sites is 1. The van der Waals surface area contributed by atoms with Gasteiger partial charge in [-0.3, -0.25) is 4.79 Å². The third kappa shape index (κ3) is 1.57. The van der Waals surface area contributed by atoms with Crippen LogP contribution in [0.2, 0.25) is 0 Å². The van der Waals surface area contributed by atoms with Crippen LogP contribution in [0.15, 0.2) is 59.5 Å². The number of carbonyl (C=O) groups is 1. The van der Waals surface area contributed by atoms with E-state index in [1.165, 1.54) is 11.8 Å². The van der Waals surface area contributed by atoms with Crippen molar-refractivity contribution in [2.45, 2.75) is 9.77 Å². The molecule has 90 valence electrons. The lowest BCUT2D eigenvalue weighted by molar-refractivity contribution is -0.119. The van der Waals surface area contributed by atoms with Crippen molar-refractivity contribution in [3.8, 4) is 0 Å². The molecular weight excluding hydrogens is 244 g/mol. The first-order valence-corrected chi connectivity index (χ1v) is 6.46. The standard InChI is InChI=1S/C14H12N2OS/c15-13(17)14(10-6-2-1-3-7-10)16-11-8-4-5-9-12(11)18-14/h1-9,16H,(H2,15,17). The molecule has 1 unspecified atom stereocenters. The minimum absolute atomic E-state index is 0.380. The fourth-order valence-corrected chi connectivity index (χ4v) is 3.32. The van der Waals surface area contributed by atoms with E-state index < -0.39 is 4.87 Å². The van der Waals surface area contributed by atoms with Gasteiger partial charge in [0.25, 0.3) is 5.91 Å². The van der Waals surface area contributed by atoms with Gasteiger partial charge >= 0.3 is 0 Å². The summed E-state index contributed by atoms with van der Waals surface area (Å²) < 4.78 is 0. The number of hydrogen-bond acceptors (Lipinski definition) is 3. The molecule has 3 rings (SSSR count). The van der Waals surface area contributed by atoms with Crippen LogP contribution in [-0.2, 0) is 9.67 Å². The van der Waals surface area contributed by atoms with Gasteiger partial charge in [0.2, 0.25) is 0 Å². The maximum Gasteiger partial charge on any atom is 0.258 e. The van der Waals surface area contributed by atoms with Gasteiger partial charge < -0.3 is 11.1 Å². The van der Waals surface area contributed by atoms with Crippen LogP contribution in [0.4, 0.5) is 5.69 Å². The van der Waals surface area contributed by atoms with Crippen LogP contribution < -0.4 is 11.1 Å². The largest absolute Gasteiger partial charge is 0.367 e. The number of thioether (sulfide) groups is 1. The quantitative estimate of drug-likeness (QED) is 0.868. The lowest BCUT2D eigenvalue weighted by Crippen LogP contribution is -2.42. The van der Waals surface area contributed by atoms with Gasteiger partial charge in [-0.1, -0.05) is 54.2 Å². The second-order valence-electron chi connectivity index (χ2n) is 4.13. The average molecular weight is 256 g/mol. The number of nitrogens with two attached hydrogens (primary N) is 1. The van der Waals surface area contributed by atoms with Gasteiger partial charge in [0, 0.05) is 10.6 Å². The van der Waals surface area contributed by atoms with Crippen LogP contribution in [-0.4, -0.2) is 5.91 Å². The molecule has 2 aromatic rings. The summed E-state index contributed by atoms with van der Waals surface area (Å²) in [6.45, 7) is 0. The van der Waals surface area contributed by atoms with Crippen molar-refractivity contribution in [2.75, 3.05) is 5.32 Å². The summed E-state index contributed by atoms with van der Waals surface area (Å²) in [6.07, 6.45) is 0. The van der Waals surface area contributed by atoms with Gasteiger partial charge in [-0.05, 0) is 17.7 Å². The Morgan fingerprint density at radius 1 is 1.06 bits per heavy atom. The van der Waals surface area contributed by atoms with Crippen molar-refractivity contribution >= 4 is 23.4 Å². The fourth-order valence-electron chi connectivity index (χ4n) is 2.10. The molecule has 0 aliphatic carbocycles. The highest BCUT2D eigenvalue weighted by molar-refractivity contribution is 8.01.